The molecule has 0 aliphatic heterocycles. The summed E-state index contributed by atoms with van der Waals surface area (Å²) >= 11 is 3.05. The molecular formula is C13H15BrFNO3. The normalized spacial score (nSPS) is 13.7. The summed E-state index contributed by atoms with van der Waals surface area (Å²) in [5.41, 5.74) is 1.03. The predicted molar refractivity (Wildman–Crippen MR) is 73.4 cm³/mol. The summed E-state index contributed by atoms with van der Waals surface area (Å²) in [5.74, 6) is -3.48. The molecule has 1 rings (SSSR count). The lowest BCUT2D eigenvalue weighted by Crippen LogP contribution is -2.30. The minimum atomic E-state index is -1.04. The molecule has 0 aliphatic carbocycles. The van der Waals surface area contributed by atoms with Crippen molar-refractivity contribution in [2.45, 2.75) is 20.8 Å². The summed E-state index contributed by atoms with van der Waals surface area (Å²) in [7, 11) is 0. The average molecular weight is 332 g/mol. The number of hydrogen-bond donors (Lipinski definition) is 2. The Hall–Kier alpha value is -1.43. The quantitative estimate of drug-likeness (QED) is 0.890. The van der Waals surface area contributed by atoms with E-state index in [0.29, 0.717) is 15.7 Å². The van der Waals surface area contributed by atoms with Crippen LogP contribution < -0.4 is 5.32 Å². The van der Waals surface area contributed by atoms with Gasteiger partial charge < -0.3 is 10.4 Å². The lowest BCUT2D eigenvalue weighted by Gasteiger charge is -2.17. The van der Waals surface area contributed by atoms with Crippen molar-refractivity contribution in [1.29, 1.82) is 0 Å². The molecule has 1 amide bonds. The Morgan fingerprint density at radius 2 is 1.89 bits per heavy atom. The van der Waals surface area contributed by atoms with Crippen molar-refractivity contribution >= 4 is 33.5 Å². The summed E-state index contributed by atoms with van der Waals surface area (Å²) in [6.45, 7) is 4.71. The molecule has 104 valence electrons. The van der Waals surface area contributed by atoms with Crippen LogP contribution in [0.25, 0.3) is 0 Å². The number of carboxylic acids is 1. The number of carbonyl (C=O) groups is 2. The van der Waals surface area contributed by atoms with E-state index in [1.165, 1.54) is 19.9 Å². The van der Waals surface area contributed by atoms with Crippen LogP contribution in [0.15, 0.2) is 16.6 Å². The first kappa shape index (κ1) is 15.6. The van der Waals surface area contributed by atoms with Gasteiger partial charge in [0.25, 0.3) is 0 Å². The highest BCUT2D eigenvalue weighted by molar-refractivity contribution is 9.10. The minimum Gasteiger partial charge on any atom is -0.481 e. The Bertz CT molecular complexity index is 519. The molecule has 1 aromatic rings. The average Bonchev–Trinajstić information content (AvgIpc) is 2.33. The zero-order valence-electron chi connectivity index (χ0n) is 10.8. The molecule has 2 atom stereocenters. The van der Waals surface area contributed by atoms with E-state index in [9.17, 15) is 14.0 Å². The van der Waals surface area contributed by atoms with Gasteiger partial charge in [-0.3, -0.25) is 9.59 Å². The van der Waals surface area contributed by atoms with Crippen molar-refractivity contribution in [3.63, 3.8) is 0 Å². The summed E-state index contributed by atoms with van der Waals surface area (Å²) in [6, 6.07) is 2.76. The smallest absolute Gasteiger partial charge is 0.307 e. The van der Waals surface area contributed by atoms with E-state index in [2.05, 4.69) is 21.2 Å². The molecule has 0 aliphatic rings. The van der Waals surface area contributed by atoms with E-state index >= 15 is 0 Å². The van der Waals surface area contributed by atoms with E-state index in [1.807, 2.05) is 0 Å². The molecule has 0 radical (unpaired) electrons. The second-order valence-corrected chi connectivity index (χ2v) is 5.34. The predicted octanol–water partition coefficient (Wildman–Crippen LogP) is 3.19. The molecule has 0 fully saturated rings. The molecule has 4 nitrogen and oxygen atoms in total. The molecule has 0 aromatic heterocycles. The lowest BCUT2D eigenvalue weighted by atomic mass is 9.95. The number of aliphatic carboxylic acids is 1. The molecule has 6 heteroatoms. The Kier molecular flexibility index (Phi) is 5.05. The molecule has 1 aromatic carbocycles. The fourth-order valence-corrected chi connectivity index (χ4v) is 1.93. The highest BCUT2D eigenvalue weighted by atomic mass is 79.9. The largest absolute Gasteiger partial charge is 0.481 e. The number of rotatable bonds is 4. The maximum Gasteiger partial charge on any atom is 0.307 e. The van der Waals surface area contributed by atoms with Crippen molar-refractivity contribution in [3.05, 3.63) is 28.0 Å². The zero-order valence-corrected chi connectivity index (χ0v) is 12.4. The Balaban J connectivity index is 2.88. The number of nitrogens with one attached hydrogen (secondary N) is 1. The molecular weight excluding hydrogens is 317 g/mol. The van der Waals surface area contributed by atoms with Crippen LogP contribution in [0.3, 0.4) is 0 Å². The lowest BCUT2D eigenvalue weighted by molar-refractivity contribution is -0.145. The van der Waals surface area contributed by atoms with E-state index in [1.54, 1.807) is 13.0 Å². The van der Waals surface area contributed by atoms with Gasteiger partial charge in [0.05, 0.1) is 10.4 Å². The third-order valence-electron chi connectivity index (χ3n) is 3.08. The third-order valence-corrected chi connectivity index (χ3v) is 3.69. The fraction of sp³-hybridized carbons (Fsp3) is 0.385. The summed E-state index contributed by atoms with van der Waals surface area (Å²) in [4.78, 5) is 22.7. The molecule has 0 heterocycles. The standard InChI is InChI=1S/C13H15BrFNO3/c1-6-4-9(14)10(15)5-11(6)16-12(17)7(2)8(3)13(18)19/h4-5,7-8H,1-3H3,(H,16,17)(H,18,19). The molecule has 0 saturated heterocycles. The van der Waals surface area contributed by atoms with Gasteiger partial charge in [-0.1, -0.05) is 13.8 Å². The van der Waals surface area contributed by atoms with Crippen LogP contribution in [0, 0.1) is 24.6 Å². The van der Waals surface area contributed by atoms with Crippen LogP contribution in [0.2, 0.25) is 0 Å². The molecule has 2 N–H and O–H groups in total. The van der Waals surface area contributed by atoms with Gasteiger partial charge in [-0.25, -0.2) is 4.39 Å². The van der Waals surface area contributed by atoms with Crippen LogP contribution >= 0.6 is 15.9 Å². The van der Waals surface area contributed by atoms with Crippen molar-refractivity contribution in [3.8, 4) is 0 Å². The topological polar surface area (TPSA) is 66.4 Å². The van der Waals surface area contributed by atoms with Gasteiger partial charge in [-0.2, -0.15) is 0 Å². The Morgan fingerprint density at radius 3 is 2.42 bits per heavy atom. The number of amides is 1. The van der Waals surface area contributed by atoms with E-state index < -0.39 is 29.5 Å². The highest BCUT2D eigenvalue weighted by Gasteiger charge is 2.26. The van der Waals surface area contributed by atoms with Gasteiger partial charge in [-0.05, 0) is 40.5 Å². The number of halogens is 2. The van der Waals surface area contributed by atoms with Gasteiger partial charge in [0.2, 0.25) is 5.91 Å². The Labute approximate surface area is 119 Å². The molecule has 0 spiro atoms. The van der Waals surface area contributed by atoms with Crippen LogP contribution in [0.5, 0.6) is 0 Å². The number of benzene rings is 1. The minimum absolute atomic E-state index is 0.315. The summed E-state index contributed by atoms with van der Waals surface area (Å²) in [5, 5.41) is 11.4. The Morgan fingerprint density at radius 1 is 1.32 bits per heavy atom. The summed E-state index contributed by atoms with van der Waals surface area (Å²) < 4.78 is 13.7. The van der Waals surface area contributed by atoms with Crippen molar-refractivity contribution < 1.29 is 19.1 Å². The first-order valence-corrected chi connectivity index (χ1v) is 6.52. The van der Waals surface area contributed by atoms with Gasteiger partial charge in [0.15, 0.2) is 0 Å². The third kappa shape index (κ3) is 3.76. The number of carbonyl (C=O) groups excluding carboxylic acids is 1. The SMILES string of the molecule is Cc1cc(Br)c(F)cc1NC(=O)C(C)C(C)C(=O)O. The van der Waals surface area contributed by atoms with E-state index in [4.69, 9.17) is 5.11 Å². The summed E-state index contributed by atoms with van der Waals surface area (Å²) in [6.07, 6.45) is 0. The maximum atomic E-state index is 13.4. The van der Waals surface area contributed by atoms with Crippen LogP contribution in [0.1, 0.15) is 19.4 Å². The second-order valence-electron chi connectivity index (χ2n) is 4.49. The highest BCUT2D eigenvalue weighted by Crippen LogP contribution is 2.25. The van der Waals surface area contributed by atoms with Crippen LogP contribution in [-0.2, 0) is 9.59 Å². The van der Waals surface area contributed by atoms with Crippen LogP contribution in [0.4, 0.5) is 10.1 Å². The van der Waals surface area contributed by atoms with Gasteiger partial charge >= 0.3 is 5.97 Å². The zero-order chi connectivity index (χ0) is 14.7. The van der Waals surface area contributed by atoms with E-state index in [-0.39, 0.29) is 0 Å². The van der Waals surface area contributed by atoms with Crippen molar-refractivity contribution in [2.75, 3.05) is 5.32 Å². The molecule has 2 unspecified atom stereocenters. The van der Waals surface area contributed by atoms with Crippen LogP contribution in [-0.4, -0.2) is 17.0 Å². The second kappa shape index (κ2) is 6.14. The van der Waals surface area contributed by atoms with Gasteiger partial charge in [-0.15, -0.1) is 0 Å². The monoisotopic (exact) mass is 331 g/mol. The van der Waals surface area contributed by atoms with E-state index in [0.717, 1.165) is 0 Å². The fourth-order valence-electron chi connectivity index (χ4n) is 1.47. The maximum absolute atomic E-state index is 13.4. The van der Waals surface area contributed by atoms with Gasteiger partial charge in [0, 0.05) is 11.6 Å². The molecule has 0 bridgehead atoms. The number of carboxylic acid groups (broad SMARTS) is 1. The first-order valence-electron chi connectivity index (χ1n) is 5.73. The number of aryl methyl sites for hydroxylation is 1. The first-order chi connectivity index (χ1) is 8.73. The molecule has 0 saturated carbocycles. The van der Waals surface area contributed by atoms with Gasteiger partial charge in [0.1, 0.15) is 5.82 Å². The molecule has 19 heavy (non-hydrogen) atoms. The van der Waals surface area contributed by atoms with Crippen molar-refractivity contribution in [2.24, 2.45) is 11.8 Å². The number of anilines is 1. The number of hydrogen-bond acceptors (Lipinski definition) is 2. The van der Waals surface area contributed by atoms with Crippen molar-refractivity contribution in [1.82, 2.24) is 0 Å².